The van der Waals surface area contributed by atoms with E-state index in [0.717, 1.165) is 11.6 Å². The molecule has 0 unspecified atom stereocenters. The molecule has 0 aliphatic heterocycles. The Labute approximate surface area is 320 Å². The maximum atomic E-state index is 12.3. The standard InChI is InChI=1S/C15H10O4.C14H12O4.C8H8O3.C6H6O2.H/c16-10-3-1-9(2-4-10)13-8-19-14-7-11(17)5-6-12(14)15(13)18;15-10-3-1-9(2-4-10)7-13(17)12-6-5-11(16)8-14(12)18;9-7-3-1-6(2-4-7)5-8(10)11;7-5-2-1-3-6(8)4-5;/h1-8,16-17H;1-6,8,15-16,18H,7H2;1-4,9H,5H2,(H,10,11);1-4,7-8H;/q;;;;-1/i;;;;1+1. The van der Waals surface area contributed by atoms with Crippen molar-refractivity contribution < 1.29 is 61.4 Å². The number of aromatic hydroxyl groups is 8. The van der Waals surface area contributed by atoms with Gasteiger partial charge >= 0.3 is 5.97 Å². The highest BCUT2D eigenvalue weighted by Crippen LogP contribution is 2.25. The first kappa shape index (κ1) is 40.8. The van der Waals surface area contributed by atoms with Gasteiger partial charge in [0.1, 0.15) is 57.8 Å². The molecule has 7 aromatic rings. The number of ketones is 1. The number of phenols is 8. The molecule has 0 saturated carbocycles. The van der Waals surface area contributed by atoms with Crippen LogP contribution < -0.4 is 5.43 Å². The summed E-state index contributed by atoms with van der Waals surface area (Å²) in [4.78, 5) is 34.4. The molecular formula is C43H37O13-. The largest absolute Gasteiger partial charge is 1.00 e. The monoisotopic (exact) mass is 762 g/mol. The van der Waals surface area contributed by atoms with Gasteiger partial charge in [0.25, 0.3) is 0 Å². The molecule has 0 bridgehead atoms. The van der Waals surface area contributed by atoms with Crippen LogP contribution in [0.1, 0.15) is 22.9 Å². The third-order valence-electron chi connectivity index (χ3n) is 7.64. The zero-order chi connectivity index (χ0) is 40.8. The average Bonchev–Trinajstić information content (AvgIpc) is 3.15. The lowest BCUT2D eigenvalue weighted by Gasteiger charge is -2.04. The highest BCUT2D eigenvalue weighted by Gasteiger charge is 2.13. The molecule has 13 nitrogen and oxygen atoms in total. The third-order valence-corrected chi connectivity index (χ3v) is 7.64. The summed E-state index contributed by atoms with van der Waals surface area (Å²) < 4.78 is 5.37. The van der Waals surface area contributed by atoms with Crippen LogP contribution >= 0.6 is 0 Å². The van der Waals surface area contributed by atoms with Gasteiger partial charge in [0, 0.05) is 24.6 Å². The smallest absolute Gasteiger partial charge is 0.307 e. The van der Waals surface area contributed by atoms with Gasteiger partial charge in [0.15, 0.2) is 11.2 Å². The summed E-state index contributed by atoms with van der Waals surface area (Å²) in [5, 5.41) is 81.4. The van der Waals surface area contributed by atoms with Crippen molar-refractivity contribution in [1.82, 2.24) is 0 Å². The van der Waals surface area contributed by atoms with Crippen LogP contribution in [-0.4, -0.2) is 57.7 Å². The van der Waals surface area contributed by atoms with Crippen molar-refractivity contribution in [3.05, 3.63) is 167 Å². The van der Waals surface area contributed by atoms with E-state index in [2.05, 4.69) is 0 Å². The van der Waals surface area contributed by atoms with E-state index in [4.69, 9.17) is 35.1 Å². The van der Waals surface area contributed by atoms with Crippen molar-refractivity contribution in [2.24, 2.45) is 0 Å². The van der Waals surface area contributed by atoms with E-state index in [-0.39, 0.29) is 77.0 Å². The van der Waals surface area contributed by atoms with Gasteiger partial charge in [-0.3, -0.25) is 14.4 Å². The van der Waals surface area contributed by atoms with E-state index in [1.165, 1.54) is 91.2 Å². The summed E-state index contributed by atoms with van der Waals surface area (Å²) in [7, 11) is 0. The van der Waals surface area contributed by atoms with Crippen molar-refractivity contribution in [2.75, 3.05) is 0 Å². The fourth-order valence-electron chi connectivity index (χ4n) is 4.89. The second-order valence-corrected chi connectivity index (χ2v) is 11.9. The number of carboxylic acids is 1. The van der Waals surface area contributed by atoms with Crippen LogP contribution in [0.25, 0.3) is 22.1 Å². The van der Waals surface area contributed by atoms with Crippen LogP contribution in [0.5, 0.6) is 46.0 Å². The summed E-state index contributed by atoms with van der Waals surface area (Å²) >= 11 is 0. The van der Waals surface area contributed by atoms with Crippen molar-refractivity contribution in [3.8, 4) is 57.1 Å². The quantitative estimate of drug-likeness (QED) is 0.0754. The summed E-state index contributed by atoms with van der Waals surface area (Å²) in [6, 6.07) is 32.8. The minimum atomic E-state index is -0.865. The lowest BCUT2D eigenvalue weighted by molar-refractivity contribution is -0.136. The second kappa shape index (κ2) is 19.2. The summed E-state index contributed by atoms with van der Waals surface area (Å²) in [5.41, 5.74) is 2.85. The second-order valence-electron chi connectivity index (χ2n) is 11.9. The number of Topliss-reactive ketones (excluding diaryl/α,β-unsaturated/α-hetero) is 1. The third kappa shape index (κ3) is 12.3. The molecule has 1 aromatic heterocycles. The Morgan fingerprint density at radius 1 is 0.518 bits per heavy atom. The van der Waals surface area contributed by atoms with Gasteiger partial charge in [0.2, 0.25) is 0 Å². The Kier molecular flexibility index (Phi) is 14.0. The molecular weight excluding hydrogens is 724 g/mol. The Morgan fingerprint density at radius 2 is 0.982 bits per heavy atom. The molecule has 1 heterocycles. The van der Waals surface area contributed by atoms with Gasteiger partial charge in [-0.2, -0.15) is 0 Å². The van der Waals surface area contributed by atoms with Gasteiger partial charge < -0.3 is 51.8 Å². The molecule has 0 radical (unpaired) electrons. The van der Waals surface area contributed by atoms with E-state index in [1.54, 1.807) is 42.5 Å². The lowest BCUT2D eigenvalue weighted by Crippen LogP contribution is -2.04. The molecule has 0 fully saturated rings. The molecule has 13 heteroatoms. The molecule has 0 aliphatic carbocycles. The topological polar surface area (TPSA) is 246 Å². The zero-order valence-electron chi connectivity index (χ0n) is 30.4. The van der Waals surface area contributed by atoms with Gasteiger partial charge in [0.05, 0.1) is 22.9 Å². The predicted octanol–water partition coefficient (Wildman–Crippen LogP) is 7.33. The van der Waals surface area contributed by atoms with Crippen molar-refractivity contribution in [3.63, 3.8) is 0 Å². The molecule has 0 spiro atoms. The molecule has 56 heavy (non-hydrogen) atoms. The zero-order valence-corrected chi connectivity index (χ0v) is 29.4. The van der Waals surface area contributed by atoms with E-state index in [9.17, 15) is 29.7 Å². The fraction of sp³-hybridized carbons (Fsp3) is 0.0465. The van der Waals surface area contributed by atoms with E-state index in [1.807, 2.05) is 0 Å². The van der Waals surface area contributed by atoms with Crippen molar-refractivity contribution in [1.29, 1.82) is 0 Å². The molecule has 288 valence electrons. The Balaban J connectivity index is 0.000000213. The summed E-state index contributed by atoms with van der Waals surface area (Å²) in [6.45, 7) is 0. The molecule has 0 atom stereocenters. The molecule has 9 N–H and O–H groups in total. The minimum Gasteiger partial charge on any atom is -1.00 e. The summed E-state index contributed by atoms with van der Waals surface area (Å²) in [5.74, 6) is -0.791. The maximum Gasteiger partial charge on any atom is 0.307 e. The van der Waals surface area contributed by atoms with Crippen molar-refractivity contribution in [2.45, 2.75) is 12.8 Å². The van der Waals surface area contributed by atoms with Gasteiger partial charge in [-0.1, -0.05) is 42.5 Å². The van der Waals surface area contributed by atoms with Gasteiger partial charge in [-0.25, -0.2) is 0 Å². The Hall–Kier alpha value is -7.93. The maximum absolute atomic E-state index is 12.3. The van der Waals surface area contributed by atoms with Gasteiger partial charge in [-0.15, -0.1) is 0 Å². The molecule has 0 saturated heterocycles. The van der Waals surface area contributed by atoms with Gasteiger partial charge in [-0.05, 0) is 89.5 Å². The minimum absolute atomic E-state index is 0. The Morgan fingerprint density at radius 3 is 1.48 bits per heavy atom. The van der Waals surface area contributed by atoms with Crippen LogP contribution in [0.3, 0.4) is 0 Å². The summed E-state index contributed by atoms with van der Waals surface area (Å²) in [6.07, 6.45) is 1.48. The lowest BCUT2D eigenvalue weighted by atomic mass is 10.0. The van der Waals surface area contributed by atoms with E-state index in [0.29, 0.717) is 27.7 Å². The van der Waals surface area contributed by atoms with Crippen LogP contribution in [0, 0.1) is 0 Å². The number of hydrogen-bond acceptors (Lipinski definition) is 12. The van der Waals surface area contributed by atoms with Crippen LogP contribution in [0.15, 0.2) is 149 Å². The van der Waals surface area contributed by atoms with Crippen LogP contribution in [0.2, 0.25) is 0 Å². The molecule has 7 rings (SSSR count). The number of carbonyl (C=O) groups is 2. The van der Waals surface area contributed by atoms with Crippen molar-refractivity contribution >= 4 is 22.7 Å². The molecule has 6 aromatic carbocycles. The first-order valence-corrected chi connectivity index (χ1v) is 16.5. The number of hydrogen-bond donors (Lipinski definition) is 9. The number of rotatable bonds is 6. The van der Waals surface area contributed by atoms with E-state index < -0.39 is 5.97 Å². The fourth-order valence-corrected chi connectivity index (χ4v) is 4.89. The molecule has 0 aliphatic rings. The number of phenolic OH excluding ortho intramolecular Hbond substituents is 8. The van der Waals surface area contributed by atoms with Crippen LogP contribution in [0.4, 0.5) is 0 Å². The number of aliphatic carboxylic acids is 1. The Bertz CT molecular complexity index is 2440. The number of benzene rings is 6. The number of carboxylic acid groups (broad SMARTS) is 1. The average molecular weight is 763 g/mol. The van der Waals surface area contributed by atoms with E-state index >= 15 is 0 Å². The predicted molar refractivity (Wildman–Crippen MR) is 207 cm³/mol. The SMILES string of the molecule is O=C(Cc1ccc(O)cc1)c1ccc(O)cc1O.O=C(O)Cc1ccc(O)cc1.O=c1c(-c2ccc(O)cc2)coc2cc(O)ccc12.Oc1cccc(O)c1.[2H-]. The highest BCUT2D eigenvalue weighted by molar-refractivity contribution is 6.00. The first-order valence-electron chi connectivity index (χ1n) is 16.5. The highest BCUT2D eigenvalue weighted by atomic mass is 16.4. The van der Waals surface area contributed by atoms with Crippen LogP contribution in [-0.2, 0) is 17.6 Å². The normalized spacial score (nSPS) is 10.1. The number of fused-ring (bicyclic) bond motifs is 1. The number of carbonyl (C=O) groups excluding carboxylic acids is 1. The molecule has 0 amide bonds. The first-order chi connectivity index (χ1) is 26.7.